The lowest BCUT2D eigenvalue weighted by atomic mass is 10.2. The standard InChI is InChI=1S/C18H13N3O3S2/c1-11-15(26-17(19-11)12-6-3-2-4-7-12)18(22)23-10-14-20-16(24-21-14)13-8-5-9-25-13/h2-9H,10H2,1H3. The highest BCUT2D eigenvalue weighted by molar-refractivity contribution is 7.17. The van der Waals surface area contributed by atoms with Gasteiger partial charge in [-0.05, 0) is 18.4 Å². The van der Waals surface area contributed by atoms with Crippen molar-refractivity contribution < 1.29 is 14.1 Å². The lowest BCUT2D eigenvalue weighted by molar-refractivity contribution is 0.0464. The lowest BCUT2D eigenvalue weighted by Gasteiger charge is -1.99. The fourth-order valence-electron chi connectivity index (χ4n) is 2.30. The summed E-state index contributed by atoms with van der Waals surface area (Å²) in [6.07, 6.45) is 0. The highest BCUT2D eigenvalue weighted by atomic mass is 32.1. The maximum Gasteiger partial charge on any atom is 0.350 e. The Bertz CT molecular complexity index is 1020. The van der Waals surface area contributed by atoms with Gasteiger partial charge in [0.2, 0.25) is 5.82 Å². The van der Waals surface area contributed by atoms with Crippen LogP contribution in [0.15, 0.2) is 52.4 Å². The van der Waals surface area contributed by atoms with Gasteiger partial charge in [-0.3, -0.25) is 0 Å². The van der Waals surface area contributed by atoms with Crippen LogP contribution in [0.5, 0.6) is 0 Å². The normalized spacial score (nSPS) is 10.8. The van der Waals surface area contributed by atoms with Crippen LogP contribution in [0, 0.1) is 6.92 Å². The van der Waals surface area contributed by atoms with Crippen LogP contribution in [0.4, 0.5) is 0 Å². The Labute approximate surface area is 157 Å². The minimum absolute atomic E-state index is 0.0499. The second-order valence-corrected chi connectivity index (χ2v) is 7.32. The number of nitrogens with zero attached hydrogens (tertiary/aromatic N) is 3. The fourth-order valence-corrected chi connectivity index (χ4v) is 3.91. The molecule has 0 N–H and O–H groups in total. The van der Waals surface area contributed by atoms with E-state index in [1.807, 2.05) is 47.8 Å². The van der Waals surface area contributed by atoms with Crippen LogP contribution in [-0.2, 0) is 11.3 Å². The summed E-state index contributed by atoms with van der Waals surface area (Å²) in [7, 11) is 0. The first-order valence-electron chi connectivity index (χ1n) is 7.77. The smallest absolute Gasteiger partial charge is 0.350 e. The molecule has 0 fully saturated rings. The molecule has 0 saturated carbocycles. The topological polar surface area (TPSA) is 78.1 Å². The van der Waals surface area contributed by atoms with E-state index in [1.54, 1.807) is 6.92 Å². The summed E-state index contributed by atoms with van der Waals surface area (Å²) in [5, 5.41) is 6.56. The number of hydrogen-bond donors (Lipinski definition) is 0. The van der Waals surface area contributed by atoms with Crippen LogP contribution in [0.1, 0.15) is 21.2 Å². The summed E-state index contributed by atoms with van der Waals surface area (Å²) in [6.45, 7) is 1.74. The number of aromatic nitrogens is 3. The molecule has 0 unspecified atom stereocenters. The fraction of sp³-hybridized carbons (Fsp3) is 0.111. The van der Waals surface area contributed by atoms with E-state index in [4.69, 9.17) is 9.26 Å². The molecule has 0 amide bonds. The third-order valence-corrected chi connectivity index (χ3v) is 5.58. The molecule has 3 aromatic heterocycles. The number of benzene rings is 1. The van der Waals surface area contributed by atoms with Gasteiger partial charge in [0.05, 0.1) is 10.6 Å². The number of aryl methyl sites for hydroxylation is 1. The molecule has 130 valence electrons. The number of carbonyl (C=O) groups is 1. The van der Waals surface area contributed by atoms with Gasteiger partial charge in [0.1, 0.15) is 9.88 Å². The van der Waals surface area contributed by atoms with Crippen molar-refractivity contribution in [3.8, 4) is 21.3 Å². The molecule has 0 radical (unpaired) electrons. The highest BCUT2D eigenvalue weighted by Crippen LogP contribution is 2.28. The Morgan fingerprint density at radius 1 is 1.15 bits per heavy atom. The monoisotopic (exact) mass is 383 g/mol. The largest absolute Gasteiger partial charge is 0.453 e. The van der Waals surface area contributed by atoms with E-state index in [9.17, 15) is 4.79 Å². The van der Waals surface area contributed by atoms with Crippen molar-refractivity contribution in [1.29, 1.82) is 0 Å². The number of thiophene rings is 1. The SMILES string of the molecule is Cc1nc(-c2ccccc2)sc1C(=O)OCc1noc(-c2cccs2)n1. The van der Waals surface area contributed by atoms with Gasteiger partial charge in [0.25, 0.3) is 5.89 Å². The second-order valence-electron chi connectivity index (χ2n) is 5.37. The predicted octanol–water partition coefficient (Wildman–Crippen LogP) is 4.59. The molecule has 3 heterocycles. The Morgan fingerprint density at radius 2 is 2.00 bits per heavy atom. The van der Waals surface area contributed by atoms with Gasteiger partial charge in [-0.15, -0.1) is 22.7 Å². The summed E-state index contributed by atoms with van der Waals surface area (Å²) < 4.78 is 10.5. The van der Waals surface area contributed by atoms with Crippen molar-refractivity contribution in [3.63, 3.8) is 0 Å². The molecule has 4 rings (SSSR count). The zero-order valence-electron chi connectivity index (χ0n) is 13.7. The van der Waals surface area contributed by atoms with Gasteiger partial charge < -0.3 is 9.26 Å². The third-order valence-electron chi connectivity index (χ3n) is 3.54. The van der Waals surface area contributed by atoms with E-state index in [-0.39, 0.29) is 6.61 Å². The molecule has 0 atom stereocenters. The van der Waals surface area contributed by atoms with Crippen LogP contribution in [0.3, 0.4) is 0 Å². The highest BCUT2D eigenvalue weighted by Gasteiger charge is 2.19. The molecular weight excluding hydrogens is 370 g/mol. The zero-order valence-corrected chi connectivity index (χ0v) is 15.3. The minimum atomic E-state index is -0.440. The molecule has 0 saturated heterocycles. The summed E-state index contributed by atoms with van der Waals surface area (Å²) in [6, 6.07) is 13.5. The number of hydrogen-bond acceptors (Lipinski definition) is 8. The van der Waals surface area contributed by atoms with Crippen LogP contribution < -0.4 is 0 Å². The number of thiazole rings is 1. The first-order valence-corrected chi connectivity index (χ1v) is 9.47. The molecule has 0 spiro atoms. The molecule has 6 nitrogen and oxygen atoms in total. The number of rotatable bonds is 5. The van der Waals surface area contributed by atoms with Gasteiger partial charge in [0.15, 0.2) is 6.61 Å². The Morgan fingerprint density at radius 3 is 2.77 bits per heavy atom. The molecule has 26 heavy (non-hydrogen) atoms. The Hall–Kier alpha value is -2.84. The molecule has 1 aromatic carbocycles. The third kappa shape index (κ3) is 3.42. The summed E-state index contributed by atoms with van der Waals surface area (Å²) in [4.78, 5) is 22.4. The van der Waals surface area contributed by atoms with E-state index < -0.39 is 5.97 Å². The van der Waals surface area contributed by atoms with E-state index in [0.29, 0.717) is 22.3 Å². The van der Waals surface area contributed by atoms with E-state index in [1.165, 1.54) is 22.7 Å². The summed E-state index contributed by atoms with van der Waals surface area (Å²) >= 11 is 2.81. The number of ether oxygens (including phenoxy) is 1. The first-order chi connectivity index (χ1) is 12.7. The average molecular weight is 383 g/mol. The van der Waals surface area contributed by atoms with Crippen LogP contribution in [0.25, 0.3) is 21.3 Å². The first kappa shape index (κ1) is 16.6. The Kier molecular flexibility index (Phi) is 4.59. The summed E-state index contributed by atoms with van der Waals surface area (Å²) in [5.74, 6) is 0.309. The maximum absolute atomic E-state index is 12.4. The molecule has 0 aliphatic carbocycles. The molecule has 4 aromatic rings. The van der Waals surface area contributed by atoms with Crippen molar-refractivity contribution in [3.05, 3.63) is 64.2 Å². The number of esters is 1. The predicted molar refractivity (Wildman–Crippen MR) is 99.0 cm³/mol. The van der Waals surface area contributed by atoms with Gasteiger partial charge >= 0.3 is 5.97 Å². The van der Waals surface area contributed by atoms with Gasteiger partial charge in [0, 0.05) is 5.56 Å². The van der Waals surface area contributed by atoms with Crippen molar-refractivity contribution in [2.24, 2.45) is 0 Å². The average Bonchev–Trinajstić information content (AvgIpc) is 3.40. The summed E-state index contributed by atoms with van der Waals surface area (Å²) in [5.41, 5.74) is 1.62. The quantitative estimate of drug-likeness (QED) is 0.469. The Balaban J connectivity index is 1.45. The number of carbonyl (C=O) groups excluding carboxylic acids is 1. The van der Waals surface area contributed by atoms with Crippen LogP contribution in [-0.4, -0.2) is 21.1 Å². The molecule has 0 aliphatic heterocycles. The molecule has 0 bridgehead atoms. The van der Waals surface area contributed by atoms with Crippen molar-refractivity contribution in [2.45, 2.75) is 13.5 Å². The van der Waals surface area contributed by atoms with E-state index >= 15 is 0 Å². The van der Waals surface area contributed by atoms with Gasteiger partial charge in [-0.2, -0.15) is 4.98 Å². The molecule has 0 aliphatic rings. The molecule has 8 heteroatoms. The zero-order chi connectivity index (χ0) is 17.9. The van der Waals surface area contributed by atoms with Crippen molar-refractivity contribution in [1.82, 2.24) is 15.1 Å². The van der Waals surface area contributed by atoms with Gasteiger partial charge in [-0.25, -0.2) is 9.78 Å². The van der Waals surface area contributed by atoms with Gasteiger partial charge in [-0.1, -0.05) is 41.6 Å². The van der Waals surface area contributed by atoms with Crippen LogP contribution in [0.2, 0.25) is 0 Å². The second kappa shape index (κ2) is 7.19. The lowest BCUT2D eigenvalue weighted by Crippen LogP contribution is -2.05. The maximum atomic E-state index is 12.4. The minimum Gasteiger partial charge on any atom is -0.453 e. The van der Waals surface area contributed by atoms with E-state index in [2.05, 4.69) is 15.1 Å². The van der Waals surface area contributed by atoms with Crippen molar-refractivity contribution >= 4 is 28.6 Å². The van der Waals surface area contributed by atoms with E-state index in [0.717, 1.165) is 15.4 Å². The van der Waals surface area contributed by atoms with Crippen molar-refractivity contribution in [2.75, 3.05) is 0 Å². The molecular formula is C18H13N3O3S2. The van der Waals surface area contributed by atoms with Crippen LogP contribution >= 0.6 is 22.7 Å².